The molecule has 20 heavy (non-hydrogen) atoms. The number of ether oxygens (including phenoxy) is 1. The Morgan fingerprint density at radius 2 is 2.00 bits per heavy atom. The van der Waals surface area contributed by atoms with Crippen LogP contribution in [0.1, 0.15) is 36.2 Å². The number of aryl methyl sites for hydroxylation is 1. The van der Waals surface area contributed by atoms with Crippen LogP contribution in [0.3, 0.4) is 0 Å². The zero-order chi connectivity index (χ0) is 15.3. The van der Waals surface area contributed by atoms with E-state index >= 15 is 0 Å². The molecule has 1 atom stereocenters. The quantitative estimate of drug-likeness (QED) is 0.808. The zero-order valence-corrected chi connectivity index (χ0v) is 12.4. The first kappa shape index (κ1) is 16.2. The fourth-order valence-corrected chi connectivity index (χ4v) is 1.70. The molecule has 1 rings (SSSR count). The van der Waals surface area contributed by atoms with Gasteiger partial charge in [0, 0.05) is 18.2 Å². The van der Waals surface area contributed by atoms with Gasteiger partial charge in [0.2, 0.25) is 5.91 Å². The van der Waals surface area contributed by atoms with Crippen molar-refractivity contribution < 1.29 is 14.3 Å². The second-order valence-electron chi connectivity index (χ2n) is 5.18. The number of rotatable bonds is 5. The first-order valence-electron chi connectivity index (χ1n) is 6.59. The van der Waals surface area contributed by atoms with Gasteiger partial charge in [0.05, 0.1) is 12.7 Å². The van der Waals surface area contributed by atoms with Crippen molar-refractivity contribution in [3.63, 3.8) is 0 Å². The van der Waals surface area contributed by atoms with Gasteiger partial charge in [0.15, 0.2) is 0 Å². The fraction of sp³-hybridized carbons (Fsp3) is 0.467. The number of benzene rings is 1. The van der Waals surface area contributed by atoms with Crippen molar-refractivity contribution in [2.75, 3.05) is 12.4 Å². The zero-order valence-electron chi connectivity index (χ0n) is 12.4. The summed E-state index contributed by atoms with van der Waals surface area (Å²) < 4.78 is 4.65. The molecule has 5 nitrogen and oxygen atoms in total. The van der Waals surface area contributed by atoms with Crippen LogP contribution in [0.5, 0.6) is 0 Å². The van der Waals surface area contributed by atoms with Crippen LogP contribution < -0.4 is 11.1 Å². The third kappa shape index (κ3) is 4.35. The summed E-state index contributed by atoms with van der Waals surface area (Å²) in [7, 11) is 1.33. The van der Waals surface area contributed by atoms with Gasteiger partial charge in [-0.05, 0) is 36.6 Å². The fourth-order valence-electron chi connectivity index (χ4n) is 1.70. The minimum absolute atomic E-state index is 0.125. The molecule has 0 aliphatic rings. The van der Waals surface area contributed by atoms with Gasteiger partial charge in [0.25, 0.3) is 0 Å². The third-order valence-corrected chi connectivity index (χ3v) is 3.20. The smallest absolute Gasteiger partial charge is 0.337 e. The summed E-state index contributed by atoms with van der Waals surface area (Å²) >= 11 is 0. The molecule has 5 heteroatoms. The van der Waals surface area contributed by atoms with Gasteiger partial charge in [-0.1, -0.05) is 13.8 Å². The lowest BCUT2D eigenvalue weighted by atomic mass is 10.0. The Morgan fingerprint density at radius 1 is 1.35 bits per heavy atom. The summed E-state index contributed by atoms with van der Waals surface area (Å²) in [4.78, 5) is 23.3. The summed E-state index contributed by atoms with van der Waals surface area (Å²) in [5.41, 5.74) is 7.81. The predicted octanol–water partition coefficient (Wildman–Crippen LogP) is 2.09. The van der Waals surface area contributed by atoms with E-state index in [9.17, 15) is 9.59 Å². The van der Waals surface area contributed by atoms with Crippen LogP contribution >= 0.6 is 0 Å². The Hall–Kier alpha value is -1.88. The van der Waals surface area contributed by atoms with E-state index in [-0.39, 0.29) is 24.3 Å². The molecule has 0 saturated heterocycles. The highest BCUT2D eigenvalue weighted by Crippen LogP contribution is 2.18. The third-order valence-electron chi connectivity index (χ3n) is 3.20. The lowest BCUT2D eigenvalue weighted by Crippen LogP contribution is -2.31. The van der Waals surface area contributed by atoms with Gasteiger partial charge in [-0.25, -0.2) is 4.79 Å². The molecule has 1 unspecified atom stereocenters. The standard InChI is InChI=1S/C15H22N2O3/c1-9(2)12(16)8-14(18)17-13-6-5-11(7-10(13)3)15(19)20-4/h5-7,9,12H,8,16H2,1-4H3,(H,17,18). The molecule has 0 aromatic heterocycles. The Labute approximate surface area is 119 Å². The summed E-state index contributed by atoms with van der Waals surface area (Å²) in [6.45, 7) is 5.78. The molecule has 0 heterocycles. The average molecular weight is 278 g/mol. The maximum atomic E-state index is 11.9. The van der Waals surface area contributed by atoms with Crippen LogP contribution in [0.25, 0.3) is 0 Å². The second kappa shape index (κ2) is 7.05. The van der Waals surface area contributed by atoms with Crippen LogP contribution in [0.15, 0.2) is 18.2 Å². The molecule has 1 aromatic rings. The summed E-state index contributed by atoms with van der Waals surface area (Å²) in [6.07, 6.45) is 0.274. The van der Waals surface area contributed by atoms with Gasteiger partial charge in [-0.2, -0.15) is 0 Å². The van der Waals surface area contributed by atoms with Gasteiger partial charge < -0.3 is 15.8 Å². The van der Waals surface area contributed by atoms with E-state index < -0.39 is 5.97 Å². The largest absolute Gasteiger partial charge is 0.465 e. The van der Waals surface area contributed by atoms with E-state index in [4.69, 9.17) is 5.73 Å². The molecular weight excluding hydrogens is 256 g/mol. The Kier molecular flexibility index (Phi) is 5.70. The van der Waals surface area contributed by atoms with Crippen molar-refractivity contribution in [3.05, 3.63) is 29.3 Å². The van der Waals surface area contributed by atoms with Crippen LogP contribution in [0.2, 0.25) is 0 Å². The number of nitrogens with two attached hydrogens (primary N) is 1. The Bertz CT molecular complexity index is 498. The highest BCUT2D eigenvalue weighted by atomic mass is 16.5. The molecular formula is C15H22N2O3. The van der Waals surface area contributed by atoms with Crippen molar-refractivity contribution in [3.8, 4) is 0 Å². The molecule has 1 aromatic carbocycles. The Balaban J connectivity index is 2.74. The minimum Gasteiger partial charge on any atom is -0.465 e. The van der Waals surface area contributed by atoms with Crippen LogP contribution in [0, 0.1) is 12.8 Å². The van der Waals surface area contributed by atoms with E-state index in [2.05, 4.69) is 10.1 Å². The molecule has 0 bridgehead atoms. The molecule has 1 amide bonds. The van der Waals surface area contributed by atoms with Crippen molar-refractivity contribution in [2.24, 2.45) is 11.7 Å². The van der Waals surface area contributed by atoms with Gasteiger partial charge >= 0.3 is 5.97 Å². The van der Waals surface area contributed by atoms with Gasteiger partial charge in [-0.3, -0.25) is 4.79 Å². The number of anilines is 1. The molecule has 0 radical (unpaired) electrons. The number of amides is 1. The Morgan fingerprint density at radius 3 is 2.50 bits per heavy atom. The first-order chi connectivity index (χ1) is 9.35. The number of carbonyl (C=O) groups is 2. The number of methoxy groups -OCH3 is 1. The lowest BCUT2D eigenvalue weighted by molar-refractivity contribution is -0.116. The second-order valence-corrected chi connectivity index (χ2v) is 5.18. The van der Waals surface area contributed by atoms with E-state index in [1.165, 1.54) is 7.11 Å². The number of hydrogen-bond donors (Lipinski definition) is 2. The summed E-state index contributed by atoms with van der Waals surface area (Å²) in [5.74, 6) is -0.267. The number of esters is 1. The van der Waals surface area contributed by atoms with E-state index in [0.29, 0.717) is 11.3 Å². The molecule has 0 spiro atoms. The molecule has 0 aliphatic carbocycles. The van der Waals surface area contributed by atoms with Crippen LogP contribution in [0.4, 0.5) is 5.69 Å². The normalized spacial score (nSPS) is 12.1. The van der Waals surface area contributed by atoms with Gasteiger partial charge in [-0.15, -0.1) is 0 Å². The molecule has 0 fully saturated rings. The molecule has 110 valence electrons. The van der Waals surface area contributed by atoms with E-state index in [1.54, 1.807) is 18.2 Å². The van der Waals surface area contributed by atoms with Crippen LogP contribution in [-0.2, 0) is 9.53 Å². The highest BCUT2D eigenvalue weighted by Gasteiger charge is 2.14. The van der Waals surface area contributed by atoms with Crippen LogP contribution in [-0.4, -0.2) is 25.0 Å². The minimum atomic E-state index is -0.396. The molecule has 3 N–H and O–H groups in total. The summed E-state index contributed by atoms with van der Waals surface area (Å²) in [5, 5.41) is 2.81. The van der Waals surface area contributed by atoms with Crippen molar-refractivity contribution >= 4 is 17.6 Å². The maximum absolute atomic E-state index is 11.9. The molecule has 0 aliphatic heterocycles. The highest BCUT2D eigenvalue weighted by molar-refractivity contribution is 5.94. The topological polar surface area (TPSA) is 81.4 Å². The van der Waals surface area contributed by atoms with Crippen molar-refractivity contribution in [1.82, 2.24) is 0 Å². The van der Waals surface area contributed by atoms with E-state index in [0.717, 1.165) is 5.56 Å². The number of hydrogen-bond acceptors (Lipinski definition) is 4. The number of nitrogens with one attached hydrogen (secondary N) is 1. The molecule has 0 saturated carbocycles. The van der Waals surface area contributed by atoms with Gasteiger partial charge in [0.1, 0.15) is 0 Å². The first-order valence-corrected chi connectivity index (χ1v) is 6.59. The SMILES string of the molecule is COC(=O)c1ccc(NC(=O)CC(N)C(C)C)c(C)c1. The number of carbonyl (C=O) groups excluding carboxylic acids is 2. The predicted molar refractivity (Wildman–Crippen MR) is 78.6 cm³/mol. The summed E-state index contributed by atoms with van der Waals surface area (Å²) in [6, 6.07) is 4.84. The average Bonchev–Trinajstić information content (AvgIpc) is 2.39. The monoisotopic (exact) mass is 278 g/mol. The van der Waals surface area contributed by atoms with Crippen molar-refractivity contribution in [2.45, 2.75) is 33.2 Å². The van der Waals surface area contributed by atoms with E-state index in [1.807, 2.05) is 20.8 Å². The lowest BCUT2D eigenvalue weighted by Gasteiger charge is -2.16. The maximum Gasteiger partial charge on any atom is 0.337 e. The van der Waals surface area contributed by atoms with Crippen molar-refractivity contribution in [1.29, 1.82) is 0 Å².